The smallest absolute Gasteiger partial charge is 0.355 e. The van der Waals surface area contributed by atoms with Gasteiger partial charge in [0.25, 0.3) is 5.91 Å². The number of carbonyl (C=O) groups excluding carboxylic acids is 1. The van der Waals surface area contributed by atoms with Gasteiger partial charge in [0.1, 0.15) is 11.5 Å². The molecule has 2 saturated heterocycles. The quantitative estimate of drug-likeness (QED) is 0.520. The van der Waals surface area contributed by atoms with Crippen LogP contribution >= 0.6 is 0 Å². The molecule has 0 bridgehead atoms. The van der Waals surface area contributed by atoms with E-state index < -0.39 is 17.6 Å². The minimum atomic E-state index is -4.55. The number of piperidine rings is 1. The Labute approximate surface area is 202 Å². The Morgan fingerprint density at radius 3 is 2.66 bits per heavy atom. The summed E-state index contributed by atoms with van der Waals surface area (Å²) in [6.45, 7) is 7.86. The predicted octanol–water partition coefficient (Wildman–Crippen LogP) is 3.84. The highest BCUT2D eigenvalue weighted by Crippen LogP contribution is 2.34. The molecule has 2 aromatic heterocycles. The molecule has 2 aliphatic rings. The number of hydrogen-bond acceptors (Lipinski definition) is 5. The lowest BCUT2D eigenvalue weighted by Gasteiger charge is -2.34. The molecule has 2 atom stereocenters. The highest BCUT2D eigenvalue weighted by Gasteiger charge is 2.35. The first-order chi connectivity index (χ1) is 16.5. The number of alkyl halides is 3. The molecule has 4 rings (SSSR count). The van der Waals surface area contributed by atoms with Crippen molar-refractivity contribution >= 4 is 17.6 Å². The maximum atomic E-state index is 13.2. The second-order valence-electron chi connectivity index (χ2n) is 9.20. The summed E-state index contributed by atoms with van der Waals surface area (Å²) in [7, 11) is 1.78. The van der Waals surface area contributed by atoms with Crippen LogP contribution in [0.5, 0.6) is 0 Å². The molecule has 0 unspecified atom stereocenters. The molecule has 11 heteroatoms. The molecule has 0 radical (unpaired) electrons. The number of amides is 1. The minimum Gasteiger partial charge on any atom is -0.355 e. The molecule has 35 heavy (non-hydrogen) atoms. The largest absolute Gasteiger partial charge is 0.416 e. The Kier molecular flexibility index (Phi) is 6.98. The SMILES string of the molecule is C=C(C)/C(=N\c1cc([C@@H]2CCCCN2C(=O)c2cc(C(F)(F)F)ccn2)nn1C)N1CC[C@H](N)C1. The summed E-state index contributed by atoms with van der Waals surface area (Å²) < 4.78 is 41.1. The van der Waals surface area contributed by atoms with Crippen molar-refractivity contribution in [1.82, 2.24) is 24.6 Å². The summed E-state index contributed by atoms with van der Waals surface area (Å²) in [6, 6.07) is 3.21. The first-order valence-electron chi connectivity index (χ1n) is 11.7. The highest BCUT2D eigenvalue weighted by atomic mass is 19.4. The van der Waals surface area contributed by atoms with E-state index in [0.717, 1.165) is 55.5 Å². The third-order valence-corrected chi connectivity index (χ3v) is 6.41. The van der Waals surface area contributed by atoms with Gasteiger partial charge in [0.05, 0.1) is 17.3 Å². The van der Waals surface area contributed by atoms with Gasteiger partial charge < -0.3 is 15.5 Å². The van der Waals surface area contributed by atoms with E-state index in [2.05, 4.69) is 21.6 Å². The molecule has 0 spiro atoms. The normalized spacial score (nSPS) is 21.5. The number of aliphatic imine (C=N–C) groups is 1. The number of aryl methyl sites for hydroxylation is 1. The Hall–Kier alpha value is -3.21. The van der Waals surface area contributed by atoms with Gasteiger partial charge in [-0.3, -0.25) is 14.5 Å². The fraction of sp³-hybridized carbons (Fsp3) is 0.500. The number of carbonyl (C=O) groups is 1. The number of halogens is 3. The van der Waals surface area contributed by atoms with Crippen LogP contribution in [-0.4, -0.2) is 62.0 Å². The number of nitrogens with two attached hydrogens (primary N) is 1. The maximum absolute atomic E-state index is 13.2. The van der Waals surface area contributed by atoms with Crippen molar-refractivity contribution in [2.45, 2.75) is 50.9 Å². The summed E-state index contributed by atoms with van der Waals surface area (Å²) in [5.74, 6) is 0.816. The average molecular weight is 490 g/mol. The molecule has 188 valence electrons. The van der Waals surface area contributed by atoms with Crippen LogP contribution in [-0.2, 0) is 13.2 Å². The fourth-order valence-electron chi connectivity index (χ4n) is 4.62. The van der Waals surface area contributed by atoms with Crippen molar-refractivity contribution in [2.75, 3.05) is 19.6 Å². The molecule has 2 N–H and O–H groups in total. The van der Waals surface area contributed by atoms with Gasteiger partial charge in [0.15, 0.2) is 5.82 Å². The predicted molar refractivity (Wildman–Crippen MR) is 126 cm³/mol. The van der Waals surface area contributed by atoms with Crippen LogP contribution in [0.25, 0.3) is 0 Å². The van der Waals surface area contributed by atoms with E-state index in [4.69, 9.17) is 10.7 Å². The van der Waals surface area contributed by atoms with Gasteiger partial charge in [-0.15, -0.1) is 0 Å². The van der Waals surface area contributed by atoms with Crippen molar-refractivity contribution in [3.8, 4) is 0 Å². The van der Waals surface area contributed by atoms with Crippen molar-refractivity contribution in [3.05, 3.63) is 53.5 Å². The second kappa shape index (κ2) is 9.80. The second-order valence-corrected chi connectivity index (χ2v) is 9.20. The molecule has 0 aromatic carbocycles. The molecule has 0 saturated carbocycles. The van der Waals surface area contributed by atoms with Crippen LogP contribution in [0.2, 0.25) is 0 Å². The fourth-order valence-corrected chi connectivity index (χ4v) is 4.62. The van der Waals surface area contributed by atoms with E-state index in [9.17, 15) is 18.0 Å². The molecular weight excluding hydrogens is 459 g/mol. The Balaban J connectivity index is 1.62. The lowest BCUT2D eigenvalue weighted by molar-refractivity contribution is -0.137. The zero-order valence-electron chi connectivity index (χ0n) is 19.9. The summed E-state index contributed by atoms with van der Waals surface area (Å²) in [4.78, 5) is 25.6. The van der Waals surface area contributed by atoms with Crippen LogP contribution < -0.4 is 5.73 Å². The van der Waals surface area contributed by atoms with Crippen molar-refractivity contribution < 1.29 is 18.0 Å². The van der Waals surface area contributed by atoms with E-state index in [0.29, 0.717) is 31.0 Å². The third-order valence-electron chi connectivity index (χ3n) is 6.41. The third kappa shape index (κ3) is 5.39. The van der Waals surface area contributed by atoms with Gasteiger partial charge in [0, 0.05) is 45.0 Å². The average Bonchev–Trinajstić information content (AvgIpc) is 3.41. The van der Waals surface area contributed by atoms with E-state index >= 15 is 0 Å². The zero-order valence-corrected chi connectivity index (χ0v) is 19.9. The van der Waals surface area contributed by atoms with E-state index in [1.165, 1.54) is 0 Å². The van der Waals surface area contributed by atoms with Gasteiger partial charge in [0.2, 0.25) is 0 Å². The van der Waals surface area contributed by atoms with Crippen molar-refractivity contribution in [3.63, 3.8) is 0 Å². The molecule has 1 amide bonds. The Morgan fingerprint density at radius 2 is 2.00 bits per heavy atom. The number of hydrogen-bond donors (Lipinski definition) is 1. The van der Waals surface area contributed by atoms with E-state index in [-0.39, 0.29) is 17.8 Å². The Bertz CT molecular complexity index is 1140. The lowest BCUT2D eigenvalue weighted by Crippen LogP contribution is -2.39. The van der Waals surface area contributed by atoms with Crippen LogP contribution in [0, 0.1) is 0 Å². The summed E-state index contributed by atoms with van der Waals surface area (Å²) in [5.41, 5.74) is 6.40. The molecule has 8 nitrogen and oxygen atoms in total. The van der Waals surface area contributed by atoms with Crippen LogP contribution in [0.4, 0.5) is 19.0 Å². The van der Waals surface area contributed by atoms with E-state index in [1.807, 2.05) is 13.0 Å². The molecular formula is C24H30F3N7O. The number of aromatic nitrogens is 3. The monoisotopic (exact) mass is 489 g/mol. The number of nitrogens with zero attached hydrogens (tertiary/aromatic N) is 6. The first kappa shape index (κ1) is 24.9. The number of amidine groups is 1. The standard InChI is InChI=1S/C24H30F3N7O/c1-15(2)22(33-11-8-17(28)14-33)30-21-13-18(31-32(21)3)20-6-4-5-10-34(20)23(35)19-12-16(7-9-29-19)24(25,26)27/h7,9,12-13,17,20H,1,4-6,8,10-11,14,28H2,2-3H3/b30-22+/t17-,20-/m0/s1. The van der Waals surface area contributed by atoms with Crippen molar-refractivity contribution in [2.24, 2.45) is 17.8 Å². The molecule has 2 aliphatic heterocycles. The van der Waals surface area contributed by atoms with Crippen molar-refractivity contribution in [1.29, 1.82) is 0 Å². The Morgan fingerprint density at radius 1 is 1.23 bits per heavy atom. The summed E-state index contributed by atoms with van der Waals surface area (Å²) in [6.07, 6.45) is -0.360. The highest BCUT2D eigenvalue weighted by molar-refractivity contribution is 5.99. The van der Waals surface area contributed by atoms with Gasteiger partial charge in [-0.2, -0.15) is 18.3 Å². The van der Waals surface area contributed by atoms with Crippen LogP contribution in [0.3, 0.4) is 0 Å². The maximum Gasteiger partial charge on any atom is 0.416 e. The first-order valence-corrected chi connectivity index (χ1v) is 11.7. The zero-order chi connectivity index (χ0) is 25.3. The molecule has 2 aromatic rings. The summed E-state index contributed by atoms with van der Waals surface area (Å²) >= 11 is 0. The molecule has 0 aliphatic carbocycles. The van der Waals surface area contributed by atoms with Crippen LogP contribution in [0.15, 0.2) is 41.5 Å². The van der Waals surface area contributed by atoms with Gasteiger partial charge >= 0.3 is 6.18 Å². The number of pyridine rings is 1. The number of likely N-dealkylation sites (tertiary alicyclic amines) is 2. The molecule has 2 fully saturated rings. The summed E-state index contributed by atoms with van der Waals surface area (Å²) in [5, 5.41) is 4.61. The molecule has 4 heterocycles. The number of rotatable bonds is 4. The van der Waals surface area contributed by atoms with E-state index in [1.54, 1.807) is 16.6 Å². The van der Waals surface area contributed by atoms with Gasteiger partial charge in [-0.1, -0.05) is 6.58 Å². The van der Waals surface area contributed by atoms with Gasteiger partial charge in [-0.05, 0) is 50.3 Å². The minimum absolute atomic E-state index is 0.0907. The van der Waals surface area contributed by atoms with Gasteiger partial charge in [-0.25, -0.2) is 4.99 Å². The van der Waals surface area contributed by atoms with Crippen LogP contribution in [0.1, 0.15) is 60.4 Å². The lowest BCUT2D eigenvalue weighted by atomic mass is 9.98. The topological polar surface area (TPSA) is 92.6 Å².